The number of aryl methyl sites for hydroxylation is 1. The summed E-state index contributed by atoms with van der Waals surface area (Å²) in [6.07, 6.45) is -0.854. The summed E-state index contributed by atoms with van der Waals surface area (Å²) < 4.78 is 24.0. The Bertz CT molecular complexity index is 919. The molecule has 8 nitrogen and oxygen atoms in total. The Morgan fingerprint density at radius 2 is 1.91 bits per heavy atom. The van der Waals surface area contributed by atoms with Crippen molar-refractivity contribution in [2.45, 2.75) is 25.2 Å². The minimum Gasteiger partial charge on any atom is -0.496 e. The van der Waals surface area contributed by atoms with E-state index in [1.54, 1.807) is 24.3 Å². The topological polar surface area (TPSA) is 124 Å². The summed E-state index contributed by atoms with van der Waals surface area (Å²) in [5.41, 5.74) is 8.56. The van der Waals surface area contributed by atoms with Crippen LogP contribution in [0.1, 0.15) is 29.3 Å². The quantitative estimate of drug-likeness (QED) is 0.196. The lowest BCUT2D eigenvalue weighted by Crippen LogP contribution is -2.44. The van der Waals surface area contributed by atoms with Crippen molar-refractivity contribution in [1.29, 1.82) is 5.41 Å². The highest BCUT2D eigenvalue weighted by molar-refractivity contribution is 6.05. The molecule has 1 aliphatic rings. The van der Waals surface area contributed by atoms with Gasteiger partial charge in [0, 0.05) is 43.1 Å². The number of morpholine rings is 1. The molecule has 0 bridgehead atoms. The van der Waals surface area contributed by atoms with Crippen LogP contribution in [-0.4, -0.2) is 73.4 Å². The van der Waals surface area contributed by atoms with Crippen molar-refractivity contribution in [3.05, 3.63) is 58.9 Å². The highest BCUT2D eigenvalue weighted by Gasteiger charge is 2.22. The summed E-state index contributed by atoms with van der Waals surface area (Å²) >= 11 is 0. The largest absolute Gasteiger partial charge is 0.496 e. The van der Waals surface area contributed by atoms with Crippen LogP contribution in [0.5, 0.6) is 5.75 Å². The van der Waals surface area contributed by atoms with Crippen molar-refractivity contribution < 1.29 is 24.1 Å². The molecule has 1 heterocycles. The Balaban J connectivity index is 1.64. The molecule has 1 fully saturated rings. The molecule has 0 amide bonds. The second-order valence-corrected chi connectivity index (χ2v) is 8.13. The second kappa shape index (κ2) is 12.1. The maximum absolute atomic E-state index is 13.1. The third-order valence-corrected chi connectivity index (χ3v) is 5.72. The smallest absolute Gasteiger partial charge is 0.137 e. The van der Waals surface area contributed by atoms with E-state index in [1.165, 1.54) is 19.2 Å². The molecule has 3 rings (SSSR count). The Morgan fingerprint density at radius 1 is 1.21 bits per heavy atom. The van der Waals surface area contributed by atoms with Gasteiger partial charge >= 0.3 is 0 Å². The fourth-order valence-corrected chi connectivity index (χ4v) is 3.91. The Morgan fingerprint density at radius 3 is 2.58 bits per heavy atom. The number of nitrogen functional groups attached to an aromatic ring is 1. The third kappa shape index (κ3) is 6.96. The zero-order chi connectivity index (χ0) is 23.8. The summed E-state index contributed by atoms with van der Waals surface area (Å²) in [5.74, 6) is 0.0192. The molecule has 2 atom stereocenters. The predicted octanol–water partition coefficient (Wildman–Crippen LogP) is 1.69. The van der Waals surface area contributed by atoms with Crippen molar-refractivity contribution in [3.8, 4) is 5.75 Å². The summed E-state index contributed by atoms with van der Waals surface area (Å²) in [4.78, 5) is 2.12. The van der Waals surface area contributed by atoms with Crippen molar-refractivity contribution in [2.24, 2.45) is 0 Å². The lowest BCUT2D eigenvalue weighted by molar-refractivity contribution is 0.0110. The monoisotopic (exact) mass is 460 g/mol. The molecule has 180 valence electrons. The summed E-state index contributed by atoms with van der Waals surface area (Å²) in [6.45, 7) is 3.52. The van der Waals surface area contributed by atoms with Crippen LogP contribution in [0.2, 0.25) is 0 Å². The van der Waals surface area contributed by atoms with E-state index in [0.717, 1.165) is 18.7 Å². The lowest BCUT2D eigenvalue weighted by atomic mass is 9.97. The van der Waals surface area contributed by atoms with Gasteiger partial charge < -0.3 is 30.8 Å². The third-order valence-electron chi connectivity index (χ3n) is 5.72. The van der Waals surface area contributed by atoms with Crippen LogP contribution in [0.4, 0.5) is 10.1 Å². The van der Waals surface area contributed by atoms with E-state index in [9.17, 15) is 14.6 Å². The first kappa shape index (κ1) is 25.1. The Kier molecular flexibility index (Phi) is 9.16. The van der Waals surface area contributed by atoms with Crippen LogP contribution in [0.25, 0.3) is 0 Å². The number of nitrogens with zero attached hydrogens (tertiary/aromatic N) is 1. The fraction of sp³-hybridized carbons (Fsp3) is 0.458. The summed E-state index contributed by atoms with van der Waals surface area (Å²) in [5, 5.41) is 32.6. The highest BCUT2D eigenvalue weighted by atomic mass is 19.1. The van der Waals surface area contributed by atoms with Crippen LogP contribution in [0.15, 0.2) is 36.4 Å². The molecule has 0 aliphatic carbocycles. The number of halogens is 1. The van der Waals surface area contributed by atoms with E-state index in [0.29, 0.717) is 55.2 Å². The van der Waals surface area contributed by atoms with Crippen LogP contribution in [0, 0.1) is 11.2 Å². The van der Waals surface area contributed by atoms with Crippen molar-refractivity contribution in [1.82, 2.24) is 10.2 Å². The van der Waals surface area contributed by atoms with E-state index < -0.39 is 12.3 Å². The first-order chi connectivity index (χ1) is 15.9. The summed E-state index contributed by atoms with van der Waals surface area (Å²) in [6, 6.07) is 9.45. The normalized spacial score (nSPS) is 16.4. The van der Waals surface area contributed by atoms with E-state index >= 15 is 0 Å². The van der Waals surface area contributed by atoms with E-state index in [4.69, 9.17) is 20.6 Å². The first-order valence-corrected chi connectivity index (χ1v) is 11.1. The molecule has 33 heavy (non-hydrogen) atoms. The van der Waals surface area contributed by atoms with E-state index in [-0.39, 0.29) is 18.1 Å². The van der Waals surface area contributed by atoms with Gasteiger partial charge in [0.15, 0.2) is 0 Å². The van der Waals surface area contributed by atoms with Gasteiger partial charge in [0.1, 0.15) is 17.8 Å². The number of ether oxygens (including phenoxy) is 2. The fourth-order valence-electron chi connectivity index (χ4n) is 3.91. The van der Waals surface area contributed by atoms with Gasteiger partial charge in [-0.2, -0.15) is 0 Å². The highest BCUT2D eigenvalue weighted by Crippen LogP contribution is 2.33. The number of benzene rings is 2. The molecule has 1 saturated heterocycles. The minimum atomic E-state index is -1.11. The molecule has 1 aliphatic heterocycles. The maximum atomic E-state index is 13.1. The summed E-state index contributed by atoms with van der Waals surface area (Å²) in [7, 11) is 1.47. The number of aliphatic hydroxyl groups is 2. The number of β-amino-alcohol motifs (C(OH)–C–C–N with tert-alkyl or cyclic N) is 1. The van der Waals surface area contributed by atoms with Gasteiger partial charge in [-0.05, 0) is 42.7 Å². The first-order valence-electron chi connectivity index (χ1n) is 11.1. The van der Waals surface area contributed by atoms with Gasteiger partial charge in [-0.15, -0.1) is 0 Å². The Labute approximate surface area is 193 Å². The van der Waals surface area contributed by atoms with Crippen molar-refractivity contribution in [3.63, 3.8) is 0 Å². The van der Waals surface area contributed by atoms with Gasteiger partial charge in [0.25, 0.3) is 0 Å². The SMILES string of the molecule is COc1c(C(O)NCC(O)CN2CCOCC2)ccc(N)c1C(=N)CCc1ccc(F)cc1. The molecule has 2 aromatic rings. The average Bonchev–Trinajstić information content (AvgIpc) is 2.82. The predicted molar refractivity (Wildman–Crippen MR) is 125 cm³/mol. The number of anilines is 1. The van der Waals surface area contributed by atoms with Gasteiger partial charge in [0.05, 0.1) is 32.0 Å². The van der Waals surface area contributed by atoms with E-state index in [2.05, 4.69) is 10.2 Å². The van der Waals surface area contributed by atoms with Crippen LogP contribution < -0.4 is 15.8 Å². The number of hydrogen-bond donors (Lipinski definition) is 5. The van der Waals surface area contributed by atoms with Crippen LogP contribution >= 0.6 is 0 Å². The Hall–Kier alpha value is -2.56. The number of hydrogen-bond acceptors (Lipinski definition) is 8. The van der Waals surface area contributed by atoms with Gasteiger partial charge in [0.2, 0.25) is 0 Å². The number of methoxy groups -OCH3 is 1. The molecule has 2 unspecified atom stereocenters. The molecule has 0 spiro atoms. The van der Waals surface area contributed by atoms with Crippen LogP contribution in [0.3, 0.4) is 0 Å². The molecule has 0 aromatic heterocycles. The lowest BCUT2D eigenvalue weighted by Gasteiger charge is -2.29. The molecule has 9 heteroatoms. The van der Waals surface area contributed by atoms with Crippen molar-refractivity contribution in [2.75, 3.05) is 52.2 Å². The number of nitrogens with one attached hydrogen (secondary N) is 2. The van der Waals surface area contributed by atoms with Crippen molar-refractivity contribution >= 4 is 11.4 Å². The van der Waals surface area contributed by atoms with Gasteiger partial charge in [-0.25, -0.2) is 4.39 Å². The second-order valence-electron chi connectivity index (χ2n) is 8.13. The number of rotatable bonds is 11. The number of nitrogens with two attached hydrogens (primary N) is 1. The molecular formula is C24H33FN4O4. The zero-order valence-electron chi connectivity index (χ0n) is 18.9. The average molecular weight is 461 g/mol. The molecule has 2 aromatic carbocycles. The molecule has 6 N–H and O–H groups in total. The zero-order valence-corrected chi connectivity index (χ0v) is 18.9. The minimum absolute atomic E-state index is 0.184. The van der Waals surface area contributed by atoms with E-state index in [1.807, 2.05) is 0 Å². The molecular weight excluding hydrogens is 427 g/mol. The maximum Gasteiger partial charge on any atom is 0.137 e. The standard InChI is InChI=1S/C24H33FN4O4/c1-32-23-19(24(31)28-14-18(30)15-29-10-12-33-13-11-29)7-9-21(27)22(23)20(26)8-4-16-2-5-17(25)6-3-16/h2-3,5-7,9,18,24,26,28,30-31H,4,8,10-15,27H2,1H3. The molecule has 0 radical (unpaired) electrons. The van der Waals surface area contributed by atoms with Gasteiger partial charge in [-0.3, -0.25) is 10.2 Å². The van der Waals surface area contributed by atoms with Gasteiger partial charge in [-0.1, -0.05) is 12.1 Å². The van der Waals surface area contributed by atoms with Crippen LogP contribution in [-0.2, 0) is 11.2 Å². The number of aliphatic hydroxyl groups excluding tert-OH is 2. The molecule has 0 saturated carbocycles.